The minimum absolute atomic E-state index is 0.164. The number of hydrogen-bond donors (Lipinski definition) is 1. The van der Waals surface area contributed by atoms with E-state index in [0.717, 1.165) is 0 Å². The molecule has 0 aliphatic heterocycles. The number of hydrogen-bond acceptors (Lipinski definition) is 4. The summed E-state index contributed by atoms with van der Waals surface area (Å²) in [4.78, 5) is 27.2. The van der Waals surface area contributed by atoms with Crippen LogP contribution >= 0.6 is 23.4 Å². The van der Waals surface area contributed by atoms with Gasteiger partial charge in [-0.2, -0.15) is 0 Å². The number of rotatable bonds is 5. The molecule has 1 heterocycles. The van der Waals surface area contributed by atoms with Crippen LogP contribution in [0.4, 0.5) is 0 Å². The summed E-state index contributed by atoms with van der Waals surface area (Å²) in [6.45, 7) is 2.02. The molecule has 110 valence electrons. The number of halogens is 1. The summed E-state index contributed by atoms with van der Waals surface area (Å²) in [5.41, 5.74) is 1.25. The van der Waals surface area contributed by atoms with E-state index in [1.807, 2.05) is 6.26 Å². The van der Waals surface area contributed by atoms with Crippen LogP contribution in [0.5, 0.6) is 0 Å². The van der Waals surface area contributed by atoms with Gasteiger partial charge >= 0.3 is 5.97 Å². The van der Waals surface area contributed by atoms with Gasteiger partial charge in [0.25, 0.3) is 0 Å². The van der Waals surface area contributed by atoms with E-state index in [2.05, 4.69) is 4.98 Å². The summed E-state index contributed by atoms with van der Waals surface area (Å²) in [6, 6.07) is 8.16. The lowest BCUT2D eigenvalue weighted by Crippen LogP contribution is -2.04. The number of esters is 1. The van der Waals surface area contributed by atoms with Crippen molar-refractivity contribution in [3.8, 4) is 0 Å². The van der Waals surface area contributed by atoms with Crippen molar-refractivity contribution in [3.05, 3.63) is 52.2 Å². The van der Waals surface area contributed by atoms with Gasteiger partial charge in [-0.15, -0.1) is 11.8 Å². The number of nitrogens with one attached hydrogen (secondary N) is 1. The van der Waals surface area contributed by atoms with E-state index in [1.54, 1.807) is 31.2 Å². The van der Waals surface area contributed by atoms with Gasteiger partial charge in [-0.1, -0.05) is 11.6 Å². The molecule has 2 rings (SSSR count). The van der Waals surface area contributed by atoms with Gasteiger partial charge in [-0.3, -0.25) is 4.79 Å². The Bertz CT molecular complexity index is 664. The third-order valence-corrected chi connectivity index (χ3v) is 3.81. The average Bonchev–Trinajstić information content (AvgIpc) is 2.92. The first-order chi connectivity index (χ1) is 10.1. The first-order valence-electron chi connectivity index (χ1n) is 6.31. The Morgan fingerprint density at radius 1 is 1.29 bits per heavy atom. The van der Waals surface area contributed by atoms with E-state index < -0.39 is 5.97 Å². The first-order valence-corrected chi connectivity index (χ1v) is 7.91. The van der Waals surface area contributed by atoms with Crippen molar-refractivity contribution in [1.29, 1.82) is 0 Å². The van der Waals surface area contributed by atoms with E-state index >= 15 is 0 Å². The Balaban J connectivity index is 2.36. The molecule has 0 amide bonds. The molecule has 1 aromatic carbocycles. The average molecular weight is 324 g/mol. The second-order valence-corrected chi connectivity index (χ2v) is 5.44. The number of ketones is 1. The maximum absolute atomic E-state index is 12.5. The monoisotopic (exact) mass is 323 g/mol. The van der Waals surface area contributed by atoms with Gasteiger partial charge in [0.15, 0.2) is 5.78 Å². The van der Waals surface area contributed by atoms with Gasteiger partial charge in [0.1, 0.15) is 5.69 Å². The number of H-pyrrole nitrogens is 1. The van der Waals surface area contributed by atoms with Crippen LogP contribution in [0, 0.1) is 0 Å². The third-order valence-electron chi connectivity index (χ3n) is 2.83. The van der Waals surface area contributed by atoms with E-state index in [9.17, 15) is 9.59 Å². The molecule has 0 fully saturated rings. The molecule has 0 bridgehead atoms. The lowest BCUT2D eigenvalue weighted by Gasteiger charge is -2.01. The van der Waals surface area contributed by atoms with Gasteiger partial charge in [0, 0.05) is 10.6 Å². The second-order valence-electron chi connectivity index (χ2n) is 4.19. The zero-order chi connectivity index (χ0) is 15.4. The lowest BCUT2D eigenvalue weighted by molar-refractivity contribution is 0.0519. The minimum atomic E-state index is -0.469. The predicted octanol–water partition coefficient (Wildman–Crippen LogP) is 3.80. The predicted molar refractivity (Wildman–Crippen MR) is 83.4 cm³/mol. The zero-order valence-electron chi connectivity index (χ0n) is 11.6. The van der Waals surface area contributed by atoms with Crippen LogP contribution in [0.15, 0.2) is 35.4 Å². The van der Waals surface area contributed by atoms with Crippen LogP contribution < -0.4 is 0 Å². The molecule has 4 nitrogen and oxygen atoms in total. The van der Waals surface area contributed by atoms with E-state index in [4.69, 9.17) is 16.3 Å². The number of aromatic nitrogens is 1. The number of aromatic amines is 1. The SMILES string of the molecule is CCOC(=O)c1cc(C(=O)c2ccc(Cl)cc2)c(SC)[nH]1. The van der Waals surface area contributed by atoms with E-state index in [0.29, 0.717) is 21.2 Å². The topological polar surface area (TPSA) is 59.2 Å². The second kappa shape index (κ2) is 6.83. The number of benzene rings is 1. The number of ether oxygens (including phenoxy) is 1. The minimum Gasteiger partial charge on any atom is -0.461 e. The maximum Gasteiger partial charge on any atom is 0.354 e. The Hall–Kier alpha value is -1.72. The first kappa shape index (κ1) is 15.7. The summed E-state index contributed by atoms with van der Waals surface area (Å²) in [7, 11) is 0. The molecule has 0 atom stereocenters. The van der Waals surface area contributed by atoms with Crippen molar-refractivity contribution in [1.82, 2.24) is 4.98 Å². The van der Waals surface area contributed by atoms with Crippen molar-refractivity contribution in [2.24, 2.45) is 0 Å². The van der Waals surface area contributed by atoms with Crippen LogP contribution in [0.1, 0.15) is 33.3 Å². The number of carbonyl (C=O) groups excluding carboxylic acids is 2. The highest BCUT2D eigenvalue weighted by atomic mass is 35.5. The molecule has 1 aromatic heterocycles. The van der Waals surface area contributed by atoms with Crippen molar-refractivity contribution in [3.63, 3.8) is 0 Å². The van der Waals surface area contributed by atoms with Crippen LogP contribution in [0.2, 0.25) is 5.02 Å². The highest BCUT2D eigenvalue weighted by molar-refractivity contribution is 7.98. The van der Waals surface area contributed by atoms with Gasteiger partial charge in [0.05, 0.1) is 17.2 Å². The largest absolute Gasteiger partial charge is 0.461 e. The Labute approximate surface area is 131 Å². The summed E-state index contributed by atoms with van der Waals surface area (Å²) >= 11 is 7.19. The van der Waals surface area contributed by atoms with Crippen LogP contribution in [-0.2, 0) is 4.74 Å². The summed E-state index contributed by atoms with van der Waals surface area (Å²) < 4.78 is 4.93. The molecule has 0 spiro atoms. The fourth-order valence-corrected chi connectivity index (χ4v) is 2.55. The molecular weight excluding hydrogens is 310 g/mol. The van der Waals surface area contributed by atoms with Crippen LogP contribution in [-0.4, -0.2) is 29.6 Å². The number of thioether (sulfide) groups is 1. The molecule has 0 unspecified atom stereocenters. The van der Waals surface area contributed by atoms with Crippen molar-refractivity contribution >= 4 is 35.1 Å². The van der Waals surface area contributed by atoms with Crippen molar-refractivity contribution in [2.45, 2.75) is 11.9 Å². The van der Waals surface area contributed by atoms with Gasteiger partial charge in [-0.25, -0.2) is 4.79 Å². The molecule has 2 aromatic rings. The molecule has 6 heteroatoms. The summed E-state index contributed by atoms with van der Waals surface area (Å²) in [6.07, 6.45) is 1.83. The smallest absolute Gasteiger partial charge is 0.354 e. The van der Waals surface area contributed by atoms with Gasteiger partial charge < -0.3 is 9.72 Å². The lowest BCUT2D eigenvalue weighted by atomic mass is 10.1. The molecule has 0 radical (unpaired) electrons. The Morgan fingerprint density at radius 2 is 1.95 bits per heavy atom. The van der Waals surface area contributed by atoms with E-state index in [-0.39, 0.29) is 18.1 Å². The highest BCUT2D eigenvalue weighted by Crippen LogP contribution is 2.24. The normalized spacial score (nSPS) is 10.4. The van der Waals surface area contributed by atoms with Crippen molar-refractivity contribution in [2.75, 3.05) is 12.9 Å². The third kappa shape index (κ3) is 3.49. The molecule has 0 aliphatic rings. The molecule has 0 aliphatic carbocycles. The van der Waals surface area contributed by atoms with Crippen LogP contribution in [0.25, 0.3) is 0 Å². The molecule has 0 saturated carbocycles. The molecular formula is C15H14ClNO3S. The Kier molecular flexibility index (Phi) is 5.09. The standard InChI is InChI=1S/C15H14ClNO3S/c1-3-20-15(19)12-8-11(14(17-12)21-2)13(18)9-4-6-10(16)7-5-9/h4-8,17H,3H2,1-2H3. The van der Waals surface area contributed by atoms with E-state index in [1.165, 1.54) is 17.8 Å². The summed E-state index contributed by atoms with van der Waals surface area (Å²) in [5.74, 6) is -0.634. The molecule has 0 saturated heterocycles. The fourth-order valence-electron chi connectivity index (χ4n) is 1.84. The maximum atomic E-state index is 12.5. The Morgan fingerprint density at radius 3 is 2.52 bits per heavy atom. The zero-order valence-corrected chi connectivity index (χ0v) is 13.2. The summed E-state index contributed by atoms with van der Waals surface area (Å²) in [5, 5.41) is 1.20. The van der Waals surface area contributed by atoms with Crippen LogP contribution in [0.3, 0.4) is 0 Å². The molecule has 21 heavy (non-hydrogen) atoms. The highest BCUT2D eigenvalue weighted by Gasteiger charge is 2.20. The number of carbonyl (C=O) groups is 2. The molecule has 1 N–H and O–H groups in total. The fraction of sp³-hybridized carbons (Fsp3) is 0.200. The van der Waals surface area contributed by atoms with Crippen molar-refractivity contribution < 1.29 is 14.3 Å². The van der Waals surface area contributed by atoms with Gasteiger partial charge in [0.2, 0.25) is 0 Å². The quantitative estimate of drug-likeness (QED) is 0.516. The van der Waals surface area contributed by atoms with Gasteiger partial charge in [-0.05, 0) is 43.5 Å².